The van der Waals surface area contributed by atoms with E-state index in [1.54, 1.807) is 18.2 Å². The van der Waals surface area contributed by atoms with E-state index in [-0.39, 0.29) is 12.5 Å². The molecular formula is C18H15ClN2O3. The molecule has 1 heterocycles. The molecule has 122 valence electrons. The SMILES string of the molecule is CC(C(=O)O)N1C(=O)CN=C(c2ccccc2Cl)c2ccccc21. The Morgan fingerprint density at radius 1 is 1.17 bits per heavy atom. The second-order valence-electron chi connectivity index (χ2n) is 5.44. The van der Waals surface area contributed by atoms with Crippen LogP contribution in [-0.2, 0) is 9.59 Å². The molecule has 1 atom stereocenters. The van der Waals surface area contributed by atoms with E-state index >= 15 is 0 Å². The molecule has 0 saturated heterocycles. The number of anilines is 1. The topological polar surface area (TPSA) is 70.0 Å². The van der Waals surface area contributed by atoms with Crippen LogP contribution in [0.1, 0.15) is 18.1 Å². The Kier molecular flexibility index (Phi) is 4.36. The number of carbonyl (C=O) groups excluding carboxylic acids is 1. The summed E-state index contributed by atoms with van der Waals surface area (Å²) < 4.78 is 0. The van der Waals surface area contributed by atoms with E-state index in [0.29, 0.717) is 27.5 Å². The first kappa shape index (κ1) is 16.2. The van der Waals surface area contributed by atoms with Gasteiger partial charge in [0.2, 0.25) is 5.91 Å². The van der Waals surface area contributed by atoms with Crippen LogP contribution in [0.25, 0.3) is 0 Å². The number of rotatable bonds is 3. The first-order chi connectivity index (χ1) is 11.5. The number of aliphatic imine (C=N–C) groups is 1. The third-order valence-corrected chi connectivity index (χ3v) is 4.26. The van der Waals surface area contributed by atoms with E-state index in [0.717, 1.165) is 0 Å². The number of nitrogens with zero attached hydrogens (tertiary/aromatic N) is 2. The highest BCUT2D eigenvalue weighted by Gasteiger charge is 2.32. The number of hydrogen-bond acceptors (Lipinski definition) is 3. The number of amides is 1. The Hall–Kier alpha value is -2.66. The molecule has 2 aromatic carbocycles. The van der Waals surface area contributed by atoms with E-state index in [4.69, 9.17) is 11.6 Å². The number of para-hydroxylation sites is 1. The molecule has 1 aliphatic rings. The van der Waals surface area contributed by atoms with Crippen molar-refractivity contribution in [2.75, 3.05) is 11.4 Å². The van der Waals surface area contributed by atoms with Crippen molar-refractivity contribution >= 4 is 34.9 Å². The molecule has 0 bridgehead atoms. The first-order valence-corrected chi connectivity index (χ1v) is 7.82. The molecule has 1 unspecified atom stereocenters. The molecule has 1 aliphatic heterocycles. The zero-order chi connectivity index (χ0) is 17.3. The van der Waals surface area contributed by atoms with Crippen LogP contribution in [0.4, 0.5) is 5.69 Å². The Labute approximate surface area is 144 Å². The molecule has 5 nitrogen and oxygen atoms in total. The second kappa shape index (κ2) is 6.45. The van der Waals surface area contributed by atoms with Crippen LogP contribution in [0, 0.1) is 0 Å². The normalized spacial score (nSPS) is 15.3. The van der Waals surface area contributed by atoms with Crippen LogP contribution >= 0.6 is 11.6 Å². The lowest BCUT2D eigenvalue weighted by molar-refractivity contribution is -0.139. The predicted octanol–water partition coefficient (Wildman–Crippen LogP) is 3.00. The van der Waals surface area contributed by atoms with Crippen LogP contribution in [0.5, 0.6) is 0 Å². The van der Waals surface area contributed by atoms with E-state index < -0.39 is 12.0 Å². The lowest BCUT2D eigenvalue weighted by Gasteiger charge is -2.26. The lowest BCUT2D eigenvalue weighted by Crippen LogP contribution is -2.44. The number of hydrogen-bond donors (Lipinski definition) is 1. The Morgan fingerprint density at radius 2 is 1.79 bits per heavy atom. The molecule has 24 heavy (non-hydrogen) atoms. The van der Waals surface area contributed by atoms with Gasteiger partial charge in [0.15, 0.2) is 0 Å². The lowest BCUT2D eigenvalue weighted by atomic mass is 9.99. The minimum absolute atomic E-state index is 0.132. The van der Waals surface area contributed by atoms with Gasteiger partial charge in [0.1, 0.15) is 12.6 Å². The summed E-state index contributed by atoms with van der Waals surface area (Å²) in [5, 5.41) is 9.87. The van der Waals surface area contributed by atoms with Gasteiger partial charge in [0.25, 0.3) is 0 Å². The zero-order valence-electron chi connectivity index (χ0n) is 12.9. The fourth-order valence-electron chi connectivity index (χ4n) is 2.74. The zero-order valence-corrected chi connectivity index (χ0v) is 13.7. The standard InChI is InChI=1S/C18H15ClN2O3/c1-11(18(23)24)21-15-9-5-3-7-13(15)17(20-10-16(21)22)12-6-2-4-8-14(12)19/h2-9,11H,10H2,1H3,(H,23,24). The summed E-state index contributed by atoms with van der Waals surface area (Å²) in [5.41, 5.74) is 2.51. The second-order valence-corrected chi connectivity index (χ2v) is 5.85. The van der Waals surface area contributed by atoms with E-state index in [2.05, 4.69) is 4.99 Å². The molecule has 1 amide bonds. The summed E-state index contributed by atoms with van der Waals surface area (Å²) in [4.78, 5) is 29.6. The highest BCUT2D eigenvalue weighted by Crippen LogP contribution is 2.30. The third kappa shape index (κ3) is 2.78. The van der Waals surface area contributed by atoms with Gasteiger partial charge in [-0.2, -0.15) is 0 Å². The average Bonchev–Trinajstić information content (AvgIpc) is 2.71. The molecule has 2 aromatic rings. The molecular weight excluding hydrogens is 328 g/mol. The Bertz CT molecular complexity index is 848. The van der Waals surface area contributed by atoms with E-state index in [9.17, 15) is 14.7 Å². The fraction of sp³-hybridized carbons (Fsp3) is 0.167. The van der Waals surface area contributed by atoms with Gasteiger partial charge in [-0.25, -0.2) is 4.79 Å². The maximum Gasteiger partial charge on any atom is 0.326 e. The first-order valence-electron chi connectivity index (χ1n) is 7.44. The Morgan fingerprint density at radius 3 is 2.46 bits per heavy atom. The van der Waals surface area contributed by atoms with Gasteiger partial charge in [-0.1, -0.05) is 48.0 Å². The summed E-state index contributed by atoms with van der Waals surface area (Å²) in [5.74, 6) is -1.43. The number of benzene rings is 2. The van der Waals surface area contributed by atoms with Gasteiger partial charge >= 0.3 is 5.97 Å². The van der Waals surface area contributed by atoms with Crippen molar-refractivity contribution in [2.24, 2.45) is 4.99 Å². The average molecular weight is 343 g/mol. The number of benzodiazepines with no additional fused rings is 1. The van der Waals surface area contributed by atoms with Crippen molar-refractivity contribution in [1.29, 1.82) is 0 Å². The molecule has 1 N–H and O–H groups in total. The predicted molar refractivity (Wildman–Crippen MR) is 93.0 cm³/mol. The minimum Gasteiger partial charge on any atom is -0.480 e. The van der Waals surface area contributed by atoms with Gasteiger partial charge in [0.05, 0.1) is 11.4 Å². The van der Waals surface area contributed by atoms with Crippen LogP contribution in [0.2, 0.25) is 5.02 Å². The van der Waals surface area contributed by atoms with Gasteiger partial charge in [0, 0.05) is 16.1 Å². The number of carboxylic acids is 1. The molecule has 0 spiro atoms. The van der Waals surface area contributed by atoms with E-state index in [1.165, 1.54) is 11.8 Å². The number of fused-ring (bicyclic) bond motifs is 1. The van der Waals surface area contributed by atoms with Crippen molar-refractivity contribution in [1.82, 2.24) is 0 Å². The van der Waals surface area contributed by atoms with Crippen LogP contribution < -0.4 is 4.90 Å². The summed E-state index contributed by atoms with van der Waals surface area (Å²) in [6.45, 7) is 1.35. The molecule has 0 radical (unpaired) electrons. The van der Waals surface area contributed by atoms with Gasteiger partial charge < -0.3 is 5.11 Å². The molecule has 0 aliphatic carbocycles. The van der Waals surface area contributed by atoms with Crippen LogP contribution in [0.15, 0.2) is 53.5 Å². The maximum atomic E-state index is 12.5. The molecule has 6 heteroatoms. The number of carboxylic acid groups (broad SMARTS) is 1. The smallest absolute Gasteiger partial charge is 0.326 e. The minimum atomic E-state index is -1.07. The number of aliphatic carboxylic acids is 1. The molecule has 0 saturated carbocycles. The summed E-state index contributed by atoms with van der Waals surface area (Å²) >= 11 is 6.29. The molecule has 0 aromatic heterocycles. The Balaban J connectivity index is 2.20. The van der Waals surface area contributed by atoms with Crippen LogP contribution in [0.3, 0.4) is 0 Å². The largest absolute Gasteiger partial charge is 0.480 e. The van der Waals surface area contributed by atoms with Crippen molar-refractivity contribution in [2.45, 2.75) is 13.0 Å². The van der Waals surface area contributed by atoms with Crippen molar-refractivity contribution in [3.8, 4) is 0 Å². The van der Waals surface area contributed by atoms with Crippen LogP contribution in [-0.4, -0.2) is 35.3 Å². The molecule has 3 rings (SSSR count). The quantitative estimate of drug-likeness (QED) is 0.932. The van der Waals surface area contributed by atoms with E-state index in [1.807, 2.05) is 30.3 Å². The van der Waals surface area contributed by atoms with Crippen molar-refractivity contribution < 1.29 is 14.7 Å². The molecule has 0 fully saturated rings. The van der Waals surface area contributed by atoms with Gasteiger partial charge in [-0.15, -0.1) is 0 Å². The maximum absolute atomic E-state index is 12.5. The highest BCUT2D eigenvalue weighted by molar-refractivity contribution is 6.36. The summed E-state index contributed by atoms with van der Waals surface area (Å²) in [6, 6.07) is 13.4. The van der Waals surface area contributed by atoms with Gasteiger partial charge in [-0.05, 0) is 19.1 Å². The number of halogens is 1. The summed E-state index contributed by atoms with van der Waals surface area (Å²) in [6.07, 6.45) is 0. The summed E-state index contributed by atoms with van der Waals surface area (Å²) in [7, 11) is 0. The number of carbonyl (C=O) groups is 2. The third-order valence-electron chi connectivity index (χ3n) is 3.93. The van der Waals surface area contributed by atoms with Gasteiger partial charge in [-0.3, -0.25) is 14.7 Å². The van der Waals surface area contributed by atoms with Crippen molar-refractivity contribution in [3.63, 3.8) is 0 Å². The monoisotopic (exact) mass is 342 g/mol. The van der Waals surface area contributed by atoms with Crippen molar-refractivity contribution in [3.05, 3.63) is 64.7 Å². The fourth-order valence-corrected chi connectivity index (χ4v) is 2.97. The highest BCUT2D eigenvalue weighted by atomic mass is 35.5.